The molecule has 4 aromatic rings. The summed E-state index contributed by atoms with van der Waals surface area (Å²) in [5.74, 6) is 1.24. The summed E-state index contributed by atoms with van der Waals surface area (Å²) in [6, 6.07) is 25.9. The molecule has 0 radical (unpaired) electrons. The number of aryl methyl sites for hydroxylation is 4. The summed E-state index contributed by atoms with van der Waals surface area (Å²) in [4.78, 5) is 0. The van der Waals surface area contributed by atoms with Gasteiger partial charge in [-0.05, 0) is 96.5 Å². The standard InChI is InChI=1S/C17H20O2.C14H14O2/c1-11-9-13(5-7-15(11)18)17(3,4)14-6-8-16(19)12(2)10-14;15-13-7-3-11(4-8-13)1-2-12-5-9-14(16)10-6-12/h5-10,18-19H,1-4H3;3-10,15-16H,1-2H2. The SMILES string of the molecule is Cc1cc(C(C)(C)c2ccc(O)c(C)c2)ccc1O.Oc1ccc(CCc2ccc(O)cc2)cc1. The summed E-state index contributed by atoms with van der Waals surface area (Å²) in [6.45, 7) is 8.09. The van der Waals surface area contributed by atoms with E-state index in [0.717, 1.165) is 35.1 Å². The first kappa shape index (κ1) is 25.7. The van der Waals surface area contributed by atoms with Crippen molar-refractivity contribution < 1.29 is 20.4 Å². The van der Waals surface area contributed by atoms with Crippen molar-refractivity contribution >= 4 is 0 Å². The van der Waals surface area contributed by atoms with Crippen LogP contribution in [0.25, 0.3) is 0 Å². The molecule has 0 saturated carbocycles. The van der Waals surface area contributed by atoms with Gasteiger partial charge >= 0.3 is 0 Å². The Hall–Kier alpha value is -3.92. The van der Waals surface area contributed by atoms with Crippen LogP contribution in [-0.4, -0.2) is 20.4 Å². The lowest BCUT2D eigenvalue weighted by Gasteiger charge is -2.27. The molecule has 4 heteroatoms. The van der Waals surface area contributed by atoms with Crippen LogP contribution in [0.4, 0.5) is 0 Å². The summed E-state index contributed by atoms with van der Waals surface area (Å²) in [5, 5.41) is 37.5. The molecule has 0 bridgehead atoms. The van der Waals surface area contributed by atoms with Crippen LogP contribution < -0.4 is 0 Å². The van der Waals surface area contributed by atoms with E-state index in [9.17, 15) is 10.2 Å². The zero-order valence-corrected chi connectivity index (χ0v) is 20.8. The monoisotopic (exact) mass is 470 g/mol. The molecule has 0 saturated heterocycles. The summed E-state index contributed by atoms with van der Waals surface area (Å²) in [5.41, 5.74) is 6.27. The van der Waals surface area contributed by atoms with E-state index in [4.69, 9.17) is 10.2 Å². The third-order valence-corrected chi connectivity index (χ3v) is 6.41. The Kier molecular flexibility index (Phi) is 8.08. The van der Waals surface area contributed by atoms with Crippen molar-refractivity contribution in [2.45, 2.75) is 46.0 Å². The van der Waals surface area contributed by atoms with Crippen LogP contribution in [0.2, 0.25) is 0 Å². The molecule has 4 N–H and O–H groups in total. The lowest BCUT2D eigenvalue weighted by Crippen LogP contribution is -2.19. The first-order valence-electron chi connectivity index (χ1n) is 11.7. The summed E-state index contributed by atoms with van der Waals surface area (Å²) >= 11 is 0. The van der Waals surface area contributed by atoms with E-state index in [1.807, 2.05) is 62.4 Å². The lowest BCUT2D eigenvalue weighted by molar-refractivity contribution is 0.469. The van der Waals surface area contributed by atoms with E-state index < -0.39 is 0 Å². The molecule has 0 aliphatic carbocycles. The second-order valence-corrected chi connectivity index (χ2v) is 9.46. The van der Waals surface area contributed by atoms with Crippen molar-refractivity contribution in [2.75, 3.05) is 0 Å². The van der Waals surface area contributed by atoms with Gasteiger partial charge in [0.1, 0.15) is 23.0 Å². The lowest BCUT2D eigenvalue weighted by atomic mass is 9.77. The highest BCUT2D eigenvalue weighted by atomic mass is 16.3. The molecule has 0 atom stereocenters. The van der Waals surface area contributed by atoms with E-state index in [1.54, 1.807) is 36.4 Å². The molecule has 0 fully saturated rings. The average molecular weight is 471 g/mol. The van der Waals surface area contributed by atoms with Gasteiger partial charge in [-0.3, -0.25) is 0 Å². The van der Waals surface area contributed by atoms with Crippen LogP contribution in [0.3, 0.4) is 0 Å². The molecule has 4 rings (SSSR count). The van der Waals surface area contributed by atoms with Gasteiger partial charge in [-0.25, -0.2) is 0 Å². The van der Waals surface area contributed by atoms with Gasteiger partial charge in [0.2, 0.25) is 0 Å². The van der Waals surface area contributed by atoms with E-state index in [-0.39, 0.29) is 5.41 Å². The van der Waals surface area contributed by atoms with Gasteiger partial charge in [0.15, 0.2) is 0 Å². The van der Waals surface area contributed by atoms with Gasteiger partial charge in [-0.2, -0.15) is 0 Å². The van der Waals surface area contributed by atoms with Gasteiger partial charge in [-0.1, -0.05) is 62.4 Å². The third kappa shape index (κ3) is 6.80. The Labute approximate surface area is 207 Å². The van der Waals surface area contributed by atoms with Crippen LogP contribution >= 0.6 is 0 Å². The molecule has 35 heavy (non-hydrogen) atoms. The maximum absolute atomic E-state index is 9.63. The quantitative estimate of drug-likeness (QED) is 0.255. The summed E-state index contributed by atoms with van der Waals surface area (Å²) < 4.78 is 0. The Balaban J connectivity index is 0.000000198. The fraction of sp³-hybridized carbons (Fsp3) is 0.226. The molecule has 0 amide bonds. The zero-order valence-electron chi connectivity index (χ0n) is 20.8. The van der Waals surface area contributed by atoms with Gasteiger partial charge in [0.25, 0.3) is 0 Å². The summed E-state index contributed by atoms with van der Waals surface area (Å²) in [6.07, 6.45) is 1.87. The first-order chi connectivity index (χ1) is 16.6. The Bertz CT molecular complexity index is 1160. The molecule has 0 unspecified atom stereocenters. The van der Waals surface area contributed by atoms with Crippen LogP contribution in [0.15, 0.2) is 84.9 Å². The first-order valence-corrected chi connectivity index (χ1v) is 11.7. The third-order valence-electron chi connectivity index (χ3n) is 6.41. The minimum Gasteiger partial charge on any atom is -0.508 e. The molecule has 0 spiro atoms. The maximum atomic E-state index is 9.63. The smallest absolute Gasteiger partial charge is 0.118 e. The number of benzene rings is 4. The predicted molar refractivity (Wildman–Crippen MR) is 141 cm³/mol. The molecular formula is C31H34O4. The molecule has 0 heterocycles. The Morgan fingerprint density at radius 3 is 1.17 bits per heavy atom. The van der Waals surface area contributed by atoms with Crippen molar-refractivity contribution in [1.29, 1.82) is 0 Å². The predicted octanol–water partition coefficient (Wildman–Crippen LogP) is 6.92. The molecule has 0 aliphatic heterocycles. The molecule has 182 valence electrons. The number of phenols is 4. The van der Waals surface area contributed by atoms with E-state index in [2.05, 4.69) is 13.8 Å². The van der Waals surface area contributed by atoms with E-state index in [0.29, 0.717) is 23.0 Å². The molecule has 0 aromatic heterocycles. The fourth-order valence-electron chi connectivity index (χ4n) is 3.87. The Morgan fingerprint density at radius 2 is 0.857 bits per heavy atom. The minimum absolute atomic E-state index is 0.170. The van der Waals surface area contributed by atoms with Crippen LogP contribution in [0.1, 0.15) is 47.2 Å². The molecule has 0 aliphatic rings. The molecule has 4 nitrogen and oxygen atoms in total. The number of hydrogen-bond donors (Lipinski definition) is 4. The highest BCUT2D eigenvalue weighted by Crippen LogP contribution is 2.35. The van der Waals surface area contributed by atoms with Gasteiger partial charge in [-0.15, -0.1) is 0 Å². The molecule has 4 aromatic carbocycles. The number of phenolic OH excluding ortho intramolecular Hbond substituents is 4. The van der Waals surface area contributed by atoms with Crippen molar-refractivity contribution in [3.63, 3.8) is 0 Å². The number of rotatable bonds is 5. The van der Waals surface area contributed by atoms with Gasteiger partial charge in [0.05, 0.1) is 0 Å². The van der Waals surface area contributed by atoms with E-state index >= 15 is 0 Å². The highest BCUT2D eigenvalue weighted by molar-refractivity contribution is 5.46. The molecular weight excluding hydrogens is 436 g/mol. The zero-order chi connectivity index (χ0) is 25.6. The second kappa shape index (κ2) is 11.0. The minimum atomic E-state index is -0.170. The van der Waals surface area contributed by atoms with Gasteiger partial charge < -0.3 is 20.4 Å². The second-order valence-electron chi connectivity index (χ2n) is 9.46. The average Bonchev–Trinajstić information content (AvgIpc) is 2.83. The number of hydrogen-bond acceptors (Lipinski definition) is 4. The highest BCUT2D eigenvalue weighted by Gasteiger charge is 2.24. The largest absolute Gasteiger partial charge is 0.508 e. The van der Waals surface area contributed by atoms with Crippen LogP contribution in [-0.2, 0) is 18.3 Å². The van der Waals surface area contributed by atoms with Crippen molar-refractivity contribution in [1.82, 2.24) is 0 Å². The Morgan fingerprint density at radius 1 is 0.514 bits per heavy atom. The summed E-state index contributed by atoms with van der Waals surface area (Å²) in [7, 11) is 0. The van der Waals surface area contributed by atoms with Crippen molar-refractivity contribution in [3.05, 3.63) is 118 Å². The van der Waals surface area contributed by atoms with Crippen molar-refractivity contribution in [3.8, 4) is 23.0 Å². The topological polar surface area (TPSA) is 80.9 Å². The fourth-order valence-corrected chi connectivity index (χ4v) is 3.87. The van der Waals surface area contributed by atoms with Gasteiger partial charge in [0, 0.05) is 5.41 Å². The maximum Gasteiger partial charge on any atom is 0.118 e. The van der Waals surface area contributed by atoms with E-state index in [1.165, 1.54) is 11.1 Å². The normalized spacial score (nSPS) is 11.0. The van der Waals surface area contributed by atoms with Crippen molar-refractivity contribution in [2.24, 2.45) is 0 Å². The number of aromatic hydroxyl groups is 4. The van der Waals surface area contributed by atoms with Crippen LogP contribution in [0, 0.1) is 13.8 Å². The van der Waals surface area contributed by atoms with Crippen LogP contribution in [0.5, 0.6) is 23.0 Å².